The number of fused-ring (bicyclic) bond motifs is 3. The van der Waals surface area contributed by atoms with Gasteiger partial charge in [-0.3, -0.25) is 9.69 Å². The van der Waals surface area contributed by atoms with Crippen LogP contribution in [0.15, 0.2) is 34.9 Å². The van der Waals surface area contributed by atoms with Gasteiger partial charge in [0.2, 0.25) is 0 Å². The Morgan fingerprint density at radius 2 is 1.92 bits per heavy atom. The zero-order chi connectivity index (χ0) is 16.9. The lowest BCUT2D eigenvalue weighted by atomic mass is 9.87. The molecule has 0 spiro atoms. The minimum atomic E-state index is -1.40. The molecule has 1 saturated heterocycles. The Labute approximate surface area is 137 Å². The van der Waals surface area contributed by atoms with Crippen LogP contribution in [0.25, 0.3) is 0 Å². The van der Waals surface area contributed by atoms with Crippen molar-refractivity contribution in [2.75, 3.05) is 20.8 Å². The number of esters is 1. The van der Waals surface area contributed by atoms with Crippen molar-refractivity contribution in [2.45, 2.75) is 12.1 Å². The molecule has 7 heteroatoms. The summed E-state index contributed by atoms with van der Waals surface area (Å²) in [7, 11) is 3.08. The van der Waals surface area contributed by atoms with Crippen LogP contribution in [0.1, 0.15) is 16.9 Å². The monoisotopic (exact) mass is 329 g/mol. The highest BCUT2D eigenvalue weighted by molar-refractivity contribution is 6.34. The molecule has 1 atom stereocenters. The molecule has 1 amide bonds. The topological polar surface area (TPSA) is 78.2 Å². The van der Waals surface area contributed by atoms with Crippen molar-refractivity contribution in [1.29, 1.82) is 0 Å². The summed E-state index contributed by atoms with van der Waals surface area (Å²) in [5.74, 6) is -0.134. The van der Waals surface area contributed by atoms with Crippen molar-refractivity contribution in [3.8, 4) is 11.5 Å². The number of ether oxygens (including phenoxy) is 3. The van der Waals surface area contributed by atoms with Gasteiger partial charge in [-0.05, 0) is 36.2 Å². The quantitative estimate of drug-likeness (QED) is 0.626. The molecule has 4 rings (SSSR count). The van der Waals surface area contributed by atoms with Crippen molar-refractivity contribution in [3.63, 3.8) is 0 Å². The number of hydrogen-bond acceptors (Lipinski definition) is 6. The van der Waals surface area contributed by atoms with Crippen LogP contribution in [0.4, 0.5) is 0 Å². The molecule has 1 fully saturated rings. The van der Waals surface area contributed by atoms with Crippen LogP contribution in [0.2, 0.25) is 0 Å². The summed E-state index contributed by atoms with van der Waals surface area (Å²) >= 11 is 0. The molecular weight excluding hydrogens is 314 g/mol. The second-order valence-corrected chi connectivity index (χ2v) is 5.58. The number of carbonyl (C=O) groups excluding carboxylic acids is 2. The fraction of sp³-hybridized carbons (Fsp3) is 0.294. The summed E-state index contributed by atoms with van der Waals surface area (Å²) in [6.07, 6.45) is 2.05. The number of nitrogens with zero attached hydrogens (tertiary/aromatic N) is 1. The highest BCUT2D eigenvalue weighted by Gasteiger charge is 2.59. The zero-order valence-corrected chi connectivity index (χ0v) is 13.2. The fourth-order valence-electron chi connectivity index (χ4n) is 3.41. The number of benzene rings is 1. The van der Waals surface area contributed by atoms with Crippen LogP contribution in [0.5, 0.6) is 11.5 Å². The number of amides is 1. The van der Waals surface area contributed by atoms with Gasteiger partial charge < -0.3 is 18.6 Å². The van der Waals surface area contributed by atoms with Gasteiger partial charge in [0.1, 0.15) is 0 Å². The third kappa shape index (κ3) is 1.72. The molecule has 1 aromatic carbocycles. The van der Waals surface area contributed by atoms with Crippen LogP contribution in [-0.2, 0) is 26.5 Å². The van der Waals surface area contributed by atoms with Crippen molar-refractivity contribution in [3.05, 3.63) is 47.4 Å². The van der Waals surface area contributed by atoms with Gasteiger partial charge >= 0.3 is 11.9 Å². The molecule has 7 nitrogen and oxygen atoms in total. The maximum Gasteiger partial charge on any atom is 0.399 e. The molecule has 0 N–H and O–H groups in total. The van der Waals surface area contributed by atoms with E-state index in [9.17, 15) is 9.59 Å². The Bertz CT molecular complexity index is 828. The van der Waals surface area contributed by atoms with E-state index in [2.05, 4.69) is 0 Å². The molecule has 24 heavy (non-hydrogen) atoms. The number of methoxy groups -OCH3 is 2. The van der Waals surface area contributed by atoms with Crippen LogP contribution >= 0.6 is 0 Å². The number of hydrogen-bond donors (Lipinski definition) is 0. The molecule has 0 radical (unpaired) electrons. The predicted octanol–water partition coefficient (Wildman–Crippen LogP) is 1.44. The average Bonchev–Trinajstić information content (AvgIpc) is 3.22. The summed E-state index contributed by atoms with van der Waals surface area (Å²) in [5.41, 5.74) is 0.147. The first-order chi connectivity index (χ1) is 11.6. The van der Waals surface area contributed by atoms with E-state index in [1.54, 1.807) is 25.3 Å². The Morgan fingerprint density at radius 1 is 1.17 bits per heavy atom. The second-order valence-electron chi connectivity index (χ2n) is 5.58. The molecular formula is C17H15NO6. The molecule has 1 aromatic heterocycles. The van der Waals surface area contributed by atoms with E-state index in [1.807, 2.05) is 6.07 Å². The average molecular weight is 329 g/mol. The van der Waals surface area contributed by atoms with E-state index in [0.717, 1.165) is 5.56 Å². The minimum absolute atomic E-state index is 0.341. The summed E-state index contributed by atoms with van der Waals surface area (Å²) in [6, 6.07) is 6.94. The first-order valence-corrected chi connectivity index (χ1v) is 7.46. The largest absolute Gasteiger partial charge is 0.493 e. The van der Waals surface area contributed by atoms with Gasteiger partial charge in [0, 0.05) is 12.1 Å². The van der Waals surface area contributed by atoms with E-state index < -0.39 is 17.6 Å². The number of furan rings is 1. The molecule has 2 aliphatic heterocycles. The molecule has 0 bridgehead atoms. The molecule has 2 aliphatic rings. The first kappa shape index (κ1) is 14.6. The molecule has 3 heterocycles. The lowest BCUT2D eigenvalue weighted by Crippen LogP contribution is -2.49. The van der Waals surface area contributed by atoms with Crippen molar-refractivity contribution >= 4 is 11.9 Å². The van der Waals surface area contributed by atoms with Gasteiger partial charge in [-0.15, -0.1) is 0 Å². The molecule has 0 saturated carbocycles. The summed E-state index contributed by atoms with van der Waals surface area (Å²) < 4.78 is 21.8. The lowest BCUT2D eigenvalue weighted by molar-refractivity contribution is -0.154. The van der Waals surface area contributed by atoms with Gasteiger partial charge in [-0.2, -0.15) is 0 Å². The predicted molar refractivity (Wildman–Crippen MR) is 80.5 cm³/mol. The first-order valence-electron chi connectivity index (χ1n) is 7.46. The molecule has 1 unspecified atom stereocenters. The van der Waals surface area contributed by atoms with Gasteiger partial charge in [0.25, 0.3) is 5.72 Å². The second kappa shape index (κ2) is 5.02. The van der Waals surface area contributed by atoms with Gasteiger partial charge in [-0.1, -0.05) is 0 Å². The third-order valence-corrected chi connectivity index (χ3v) is 4.47. The minimum Gasteiger partial charge on any atom is -0.493 e. The van der Waals surface area contributed by atoms with E-state index in [4.69, 9.17) is 18.6 Å². The maximum atomic E-state index is 12.3. The lowest BCUT2D eigenvalue weighted by Gasteiger charge is -2.39. The standard InChI is InChI=1S/C17H15NO6/c1-21-12-8-10-5-6-18-15(19)16(20)24-17(18,14-4-3-7-23-14)11(10)9-13(12)22-2/h3-4,7-9H,5-6H2,1-2H3. The summed E-state index contributed by atoms with van der Waals surface area (Å²) in [5, 5.41) is 0. The molecule has 124 valence electrons. The molecule has 0 aliphatic carbocycles. The van der Waals surface area contributed by atoms with Crippen LogP contribution < -0.4 is 9.47 Å². The summed E-state index contributed by atoms with van der Waals surface area (Å²) in [6.45, 7) is 0.341. The normalized spacial score (nSPS) is 22.0. The highest BCUT2D eigenvalue weighted by Crippen LogP contribution is 2.48. The van der Waals surface area contributed by atoms with E-state index >= 15 is 0 Å². The van der Waals surface area contributed by atoms with Gasteiger partial charge in [0.05, 0.1) is 20.5 Å². The van der Waals surface area contributed by atoms with Crippen LogP contribution in [0.3, 0.4) is 0 Å². The highest BCUT2D eigenvalue weighted by atomic mass is 16.6. The fourth-order valence-corrected chi connectivity index (χ4v) is 3.41. The van der Waals surface area contributed by atoms with Gasteiger partial charge in [0.15, 0.2) is 17.3 Å². The van der Waals surface area contributed by atoms with Crippen LogP contribution in [-0.4, -0.2) is 37.5 Å². The molecule has 2 aromatic rings. The number of carbonyl (C=O) groups is 2. The maximum absolute atomic E-state index is 12.3. The van der Waals surface area contributed by atoms with Crippen molar-refractivity contribution in [1.82, 2.24) is 4.90 Å². The SMILES string of the molecule is COc1cc2c(cc1OC)C1(c3ccco3)OC(=O)C(=O)N1CC2. The Balaban J connectivity index is 2.01. The summed E-state index contributed by atoms with van der Waals surface area (Å²) in [4.78, 5) is 25.7. The van der Waals surface area contributed by atoms with Gasteiger partial charge in [-0.25, -0.2) is 4.79 Å². The van der Waals surface area contributed by atoms with E-state index in [-0.39, 0.29) is 0 Å². The van der Waals surface area contributed by atoms with E-state index in [0.29, 0.717) is 35.8 Å². The smallest absolute Gasteiger partial charge is 0.399 e. The Kier molecular flexibility index (Phi) is 3.06. The zero-order valence-electron chi connectivity index (χ0n) is 13.2. The Morgan fingerprint density at radius 3 is 2.58 bits per heavy atom. The van der Waals surface area contributed by atoms with Crippen molar-refractivity contribution in [2.24, 2.45) is 0 Å². The van der Waals surface area contributed by atoms with Crippen molar-refractivity contribution < 1.29 is 28.2 Å². The third-order valence-electron chi connectivity index (χ3n) is 4.47. The van der Waals surface area contributed by atoms with E-state index in [1.165, 1.54) is 18.3 Å². The number of rotatable bonds is 3. The van der Waals surface area contributed by atoms with Crippen LogP contribution in [0, 0.1) is 0 Å². The Hall–Kier alpha value is -2.96.